The minimum absolute atomic E-state index is 0.102. The van der Waals surface area contributed by atoms with Gasteiger partial charge in [-0.05, 0) is 23.8 Å². The van der Waals surface area contributed by atoms with E-state index in [-0.39, 0.29) is 17.2 Å². The van der Waals surface area contributed by atoms with Crippen LogP contribution >= 0.6 is 0 Å². The van der Waals surface area contributed by atoms with Crippen LogP contribution in [0.4, 0.5) is 11.4 Å². The van der Waals surface area contributed by atoms with Crippen LogP contribution in [0.5, 0.6) is 0 Å². The second kappa shape index (κ2) is 6.91. The SMILES string of the molecule is CN(Cc1ccc(N(C)C)cc1)C(=O)c1ccccc1[N+](=O)[O-]. The van der Waals surface area contributed by atoms with E-state index in [9.17, 15) is 14.9 Å². The highest BCUT2D eigenvalue weighted by molar-refractivity contribution is 5.97. The highest BCUT2D eigenvalue weighted by Crippen LogP contribution is 2.20. The number of carbonyl (C=O) groups excluding carboxylic acids is 1. The van der Waals surface area contributed by atoms with Gasteiger partial charge in [0.1, 0.15) is 5.56 Å². The van der Waals surface area contributed by atoms with Gasteiger partial charge < -0.3 is 9.80 Å². The molecule has 6 heteroatoms. The van der Waals surface area contributed by atoms with E-state index in [1.807, 2.05) is 43.3 Å². The summed E-state index contributed by atoms with van der Waals surface area (Å²) in [6.07, 6.45) is 0. The van der Waals surface area contributed by atoms with Gasteiger partial charge in [0.2, 0.25) is 0 Å². The fraction of sp³-hybridized carbons (Fsp3) is 0.235. The number of hydrogen-bond donors (Lipinski definition) is 0. The molecule has 0 spiro atoms. The first-order valence-corrected chi connectivity index (χ1v) is 7.15. The van der Waals surface area contributed by atoms with Gasteiger partial charge in [-0.1, -0.05) is 24.3 Å². The van der Waals surface area contributed by atoms with Crippen molar-refractivity contribution in [3.8, 4) is 0 Å². The molecule has 0 saturated carbocycles. The van der Waals surface area contributed by atoms with Crippen LogP contribution < -0.4 is 4.90 Å². The molecule has 6 nitrogen and oxygen atoms in total. The van der Waals surface area contributed by atoms with Gasteiger partial charge in [-0.25, -0.2) is 0 Å². The number of anilines is 1. The Hall–Kier alpha value is -2.89. The predicted molar refractivity (Wildman–Crippen MR) is 89.7 cm³/mol. The molecule has 0 aromatic heterocycles. The first-order chi connectivity index (χ1) is 10.9. The number of nitrogens with zero attached hydrogens (tertiary/aromatic N) is 3. The maximum absolute atomic E-state index is 12.5. The van der Waals surface area contributed by atoms with Gasteiger partial charge in [-0.15, -0.1) is 0 Å². The van der Waals surface area contributed by atoms with Gasteiger partial charge in [0.25, 0.3) is 11.6 Å². The summed E-state index contributed by atoms with van der Waals surface area (Å²) in [5.41, 5.74) is 1.96. The van der Waals surface area contributed by atoms with Gasteiger partial charge >= 0.3 is 0 Å². The van der Waals surface area contributed by atoms with Crippen LogP contribution in [-0.4, -0.2) is 36.9 Å². The summed E-state index contributed by atoms with van der Waals surface area (Å²) in [6.45, 7) is 0.387. The maximum Gasteiger partial charge on any atom is 0.282 e. The number of nitro benzene ring substituents is 1. The molecule has 0 unspecified atom stereocenters. The van der Waals surface area contributed by atoms with Crippen LogP contribution in [0.2, 0.25) is 0 Å². The Morgan fingerprint density at radius 1 is 1.04 bits per heavy atom. The normalized spacial score (nSPS) is 10.2. The third kappa shape index (κ3) is 3.85. The third-order valence-electron chi connectivity index (χ3n) is 3.55. The topological polar surface area (TPSA) is 66.7 Å². The van der Waals surface area contributed by atoms with E-state index in [1.54, 1.807) is 19.2 Å². The van der Waals surface area contributed by atoms with Crippen molar-refractivity contribution in [3.05, 3.63) is 69.8 Å². The van der Waals surface area contributed by atoms with E-state index < -0.39 is 4.92 Å². The van der Waals surface area contributed by atoms with Crippen LogP contribution in [0.25, 0.3) is 0 Å². The Kier molecular flexibility index (Phi) is 4.95. The zero-order valence-corrected chi connectivity index (χ0v) is 13.4. The fourth-order valence-electron chi connectivity index (χ4n) is 2.26. The lowest BCUT2D eigenvalue weighted by Crippen LogP contribution is -2.26. The van der Waals surface area contributed by atoms with Crippen LogP contribution in [0.15, 0.2) is 48.5 Å². The van der Waals surface area contributed by atoms with Crippen molar-refractivity contribution in [2.45, 2.75) is 6.54 Å². The maximum atomic E-state index is 12.5. The molecule has 0 fully saturated rings. The molecule has 0 aliphatic heterocycles. The molecule has 120 valence electrons. The Morgan fingerprint density at radius 3 is 2.22 bits per heavy atom. The minimum Gasteiger partial charge on any atom is -0.378 e. The third-order valence-corrected chi connectivity index (χ3v) is 3.55. The standard InChI is InChI=1S/C17H19N3O3/c1-18(2)14-10-8-13(9-11-14)12-19(3)17(21)15-6-4-5-7-16(15)20(22)23/h4-11H,12H2,1-3H3. The average molecular weight is 313 g/mol. The van der Waals surface area contributed by atoms with Gasteiger partial charge in [-0.3, -0.25) is 14.9 Å². The molecule has 0 bridgehead atoms. The Balaban J connectivity index is 2.16. The first kappa shape index (κ1) is 16.5. The molecule has 0 heterocycles. The lowest BCUT2D eigenvalue weighted by atomic mass is 10.1. The molecular weight excluding hydrogens is 294 g/mol. The van der Waals surface area contributed by atoms with Crippen LogP contribution in [0.1, 0.15) is 15.9 Å². The molecule has 1 amide bonds. The zero-order chi connectivity index (χ0) is 17.0. The summed E-state index contributed by atoms with van der Waals surface area (Å²) in [6, 6.07) is 13.8. The Morgan fingerprint density at radius 2 is 1.65 bits per heavy atom. The lowest BCUT2D eigenvalue weighted by molar-refractivity contribution is -0.385. The molecule has 23 heavy (non-hydrogen) atoms. The summed E-state index contributed by atoms with van der Waals surface area (Å²) in [4.78, 5) is 26.4. The van der Waals surface area contributed by atoms with E-state index in [2.05, 4.69) is 0 Å². The van der Waals surface area contributed by atoms with Crippen molar-refractivity contribution in [2.75, 3.05) is 26.0 Å². The highest BCUT2D eigenvalue weighted by Gasteiger charge is 2.22. The molecule has 0 atom stereocenters. The number of amides is 1. The summed E-state index contributed by atoms with van der Waals surface area (Å²) in [5, 5.41) is 11.0. The molecule has 2 aromatic rings. The second-order valence-corrected chi connectivity index (χ2v) is 5.50. The van der Waals surface area contributed by atoms with E-state index in [0.29, 0.717) is 6.54 Å². The number of hydrogen-bond acceptors (Lipinski definition) is 4. The van der Waals surface area contributed by atoms with Crippen molar-refractivity contribution in [3.63, 3.8) is 0 Å². The molecule has 0 aliphatic carbocycles. The summed E-state index contributed by atoms with van der Waals surface area (Å²) >= 11 is 0. The number of para-hydroxylation sites is 1. The highest BCUT2D eigenvalue weighted by atomic mass is 16.6. The van der Waals surface area contributed by atoms with E-state index in [1.165, 1.54) is 17.0 Å². The molecule has 0 N–H and O–H groups in total. The van der Waals surface area contributed by atoms with Crippen LogP contribution in [0.3, 0.4) is 0 Å². The first-order valence-electron chi connectivity index (χ1n) is 7.15. The molecule has 0 aliphatic rings. The monoisotopic (exact) mass is 313 g/mol. The van der Waals surface area contributed by atoms with Crippen molar-refractivity contribution in [1.82, 2.24) is 4.90 Å². The van der Waals surface area contributed by atoms with Crippen molar-refractivity contribution < 1.29 is 9.72 Å². The largest absolute Gasteiger partial charge is 0.378 e. The quantitative estimate of drug-likeness (QED) is 0.629. The Labute approximate surface area is 135 Å². The molecule has 2 aromatic carbocycles. The number of rotatable bonds is 5. The smallest absolute Gasteiger partial charge is 0.282 e. The number of carbonyl (C=O) groups is 1. The molecular formula is C17H19N3O3. The van der Waals surface area contributed by atoms with E-state index in [4.69, 9.17) is 0 Å². The Bertz CT molecular complexity index is 711. The summed E-state index contributed by atoms with van der Waals surface area (Å²) in [5.74, 6) is -0.367. The summed E-state index contributed by atoms with van der Waals surface area (Å²) < 4.78 is 0. The minimum atomic E-state index is -0.535. The molecule has 0 radical (unpaired) electrons. The number of nitro groups is 1. The predicted octanol–water partition coefficient (Wildman–Crippen LogP) is 2.93. The van der Waals surface area contributed by atoms with Crippen molar-refractivity contribution in [2.24, 2.45) is 0 Å². The van der Waals surface area contributed by atoms with Gasteiger partial charge in [0, 0.05) is 39.4 Å². The molecule has 0 saturated heterocycles. The number of benzene rings is 2. The van der Waals surface area contributed by atoms with Gasteiger partial charge in [0.05, 0.1) is 4.92 Å². The fourth-order valence-corrected chi connectivity index (χ4v) is 2.26. The second-order valence-electron chi connectivity index (χ2n) is 5.50. The zero-order valence-electron chi connectivity index (χ0n) is 13.4. The lowest BCUT2D eigenvalue weighted by Gasteiger charge is -2.18. The van der Waals surface area contributed by atoms with Crippen LogP contribution in [-0.2, 0) is 6.54 Å². The average Bonchev–Trinajstić information content (AvgIpc) is 2.54. The van der Waals surface area contributed by atoms with Gasteiger partial charge in [0.15, 0.2) is 0 Å². The van der Waals surface area contributed by atoms with E-state index in [0.717, 1.165) is 11.3 Å². The van der Waals surface area contributed by atoms with E-state index >= 15 is 0 Å². The molecule has 2 rings (SSSR count). The van der Waals surface area contributed by atoms with Crippen LogP contribution in [0, 0.1) is 10.1 Å². The van der Waals surface area contributed by atoms with Gasteiger partial charge in [-0.2, -0.15) is 0 Å². The van der Waals surface area contributed by atoms with Crippen molar-refractivity contribution >= 4 is 17.3 Å². The summed E-state index contributed by atoms with van der Waals surface area (Å²) in [7, 11) is 5.55. The van der Waals surface area contributed by atoms with Crippen molar-refractivity contribution in [1.29, 1.82) is 0 Å².